The third-order valence-corrected chi connectivity index (χ3v) is 2.32. The fraction of sp³-hybridized carbons (Fsp3) is 0.909. The van der Waals surface area contributed by atoms with Gasteiger partial charge in [0.15, 0.2) is 0 Å². The van der Waals surface area contributed by atoms with Crippen molar-refractivity contribution in [3.63, 3.8) is 0 Å². The van der Waals surface area contributed by atoms with Crippen molar-refractivity contribution in [1.82, 2.24) is 5.32 Å². The van der Waals surface area contributed by atoms with Gasteiger partial charge in [-0.2, -0.15) is 0 Å². The molecule has 3 N–H and O–H groups in total. The number of carbonyl (C=O) groups is 1. The van der Waals surface area contributed by atoms with Crippen LogP contribution in [-0.4, -0.2) is 19.0 Å². The summed E-state index contributed by atoms with van der Waals surface area (Å²) in [5, 5.41) is 3.24. The van der Waals surface area contributed by atoms with E-state index in [1.54, 1.807) is 0 Å². The quantitative estimate of drug-likeness (QED) is 0.584. The Morgan fingerprint density at radius 2 is 1.93 bits per heavy atom. The molecule has 0 saturated carbocycles. The smallest absolute Gasteiger partial charge is 0.221 e. The van der Waals surface area contributed by atoms with Crippen LogP contribution < -0.4 is 11.1 Å². The molecule has 3 nitrogen and oxygen atoms in total. The molecule has 1 atom stereocenters. The number of nitrogens with two attached hydrogens (primary N) is 1. The lowest BCUT2D eigenvalue weighted by atomic mass is 10.1. The number of carbonyl (C=O) groups excluding carboxylic acids is 1. The molecule has 14 heavy (non-hydrogen) atoms. The van der Waals surface area contributed by atoms with Crippen molar-refractivity contribution in [1.29, 1.82) is 0 Å². The van der Waals surface area contributed by atoms with Gasteiger partial charge in [-0.3, -0.25) is 4.79 Å². The van der Waals surface area contributed by atoms with Crippen LogP contribution in [0.4, 0.5) is 0 Å². The topological polar surface area (TPSA) is 55.1 Å². The zero-order chi connectivity index (χ0) is 11.0. The van der Waals surface area contributed by atoms with Crippen LogP contribution in [0.25, 0.3) is 0 Å². The molecule has 0 fully saturated rings. The normalized spacial score (nSPS) is 13.1. The van der Waals surface area contributed by atoms with Crippen LogP contribution in [0.3, 0.4) is 0 Å². The molecule has 1 amide bonds. The molecule has 0 bridgehead atoms. The lowest BCUT2D eigenvalue weighted by molar-refractivity contribution is -0.121. The summed E-state index contributed by atoms with van der Waals surface area (Å²) in [5.74, 6) is 0.513. The third-order valence-electron chi connectivity index (χ3n) is 2.32. The second kappa shape index (κ2) is 7.80. The van der Waals surface area contributed by atoms with E-state index in [4.69, 9.17) is 5.73 Å². The van der Waals surface area contributed by atoms with Gasteiger partial charge in [0.25, 0.3) is 0 Å². The number of rotatable bonds is 8. The van der Waals surface area contributed by atoms with Crippen molar-refractivity contribution in [2.24, 2.45) is 17.6 Å². The summed E-state index contributed by atoms with van der Waals surface area (Å²) in [7, 11) is 0. The number of primary amides is 1. The summed E-state index contributed by atoms with van der Waals surface area (Å²) in [6, 6.07) is 0. The molecular weight excluding hydrogens is 176 g/mol. The highest BCUT2D eigenvalue weighted by Crippen LogP contribution is 2.05. The standard InChI is InChI=1S/C11H24N2O/c1-9(2)6-4-5-7-13-8-10(3)11(12)14/h9-10,13H,4-8H2,1-3H3,(H2,12,14). The predicted octanol–water partition coefficient (Wildman–Crippen LogP) is 1.52. The van der Waals surface area contributed by atoms with E-state index in [1.807, 2.05) is 6.92 Å². The van der Waals surface area contributed by atoms with Gasteiger partial charge in [-0.05, 0) is 18.9 Å². The minimum absolute atomic E-state index is 0.0555. The highest BCUT2D eigenvalue weighted by molar-refractivity contribution is 5.76. The van der Waals surface area contributed by atoms with Crippen LogP contribution in [-0.2, 0) is 4.79 Å². The van der Waals surface area contributed by atoms with Crippen molar-refractivity contribution in [2.75, 3.05) is 13.1 Å². The Bertz CT molecular complexity index is 157. The minimum atomic E-state index is -0.223. The average Bonchev–Trinajstić information content (AvgIpc) is 2.09. The zero-order valence-electron chi connectivity index (χ0n) is 9.68. The Labute approximate surface area is 87.4 Å². The molecule has 0 rings (SSSR count). The molecule has 0 aromatic rings. The molecule has 0 radical (unpaired) electrons. The first-order valence-electron chi connectivity index (χ1n) is 5.54. The molecule has 0 heterocycles. The van der Waals surface area contributed by atoms with E-state index >= 15 is 0 Å². The Morgan fingerprint density at radius 3 is 2.43 bits per heavy atom. The fourth-order valence-electron chi connectivity index (χ4n) is 1.22. The first-order chi connectivity index (χ1) is 6.54. The number of hydrogen-bond acceptors (Lipinski definition) is 2. The Morgan fingerprint density at radius 1 is 1.29 bits per heavy atom. The molecule has 0 aliphatic carbocycles. The maximum atomic E-state index is 10.7. The van der Waals surface area contributed by atoms with Crippen molar-refractivity contribution in [2.45, 2.75) is 40.0 Å². The van der Waals surface area contributed by atoms with Crippen molar-refractivity contribution in [3.8, 4) is 0 Å². The first-order valence-corrected chi connectivity index (χ1v) is 5.54. The van der Waals surface area contributed by atoms with Gasteiger partial charge in [-0.15, -0.1) is 0 Å². The summed E-state index contributed by atoms with van der Waals surface area (Å²) < 4.78 is 0. The van der Waals surface area contributed by atoms with Crippen LogP contribution in [0.15, 0.2) is 0 Å². The first kappa shape index (κ1) is 13.4. The van der Waals surface area contributed by atoms with Gasteiger partial charge >= 0.3 is 0 Å². The SMILES string of the molecule is CC(C)CCCCNCC(C)C(N)=O. The number of nitrogens with one attached hydrogen (secondary N) is 1. The van der Waals surface area contributed by atoms with E-state index in [9.17, 15) is 4.79 Å². The molecule has 0 saturated heterocycles. The number of unbranched alkanes of at least 4 members (excludes halogenated alkanes) is 1. The van der Waals surface area contributed by atoms with Gasteiger partial charge in [-0.1, -0.05) is 33.6 Å². The van der Waals surface area contributed by atoms with E-state index in [2.05, 4.69) is 19.2 Å². The van der Waals surface area contributed by atoms with E-state index in [0.717, 1.165) is 12.5 Å². The highest BCUT2D eigenvalue weighted by Gasteiger charge is 2.06. The monoisotopic (exact) mass is 200 g/mol. The van der Waals surface area contributed by atoms with Crippen LogP contribution in [0.2, 0.25) is 0 Å². The maximum Gasteiger partial charge on any atom is 0.221 e. The second-order valence-corrected chi connectivity index (χ2v) is 4.40. The Balaban J connectivity index is 3.17. The average molecular weight is 200 g/mol. The predicted molar refractivity (Wildman–Crippen MR) is 59.9 cm³/mol. The minimum Gasteiger partial charge on any atom is -0.369 e. The third kappa shape index (κ3) is 8.05. The van der Waals surface area contributed by atoms with Gasteiger partial charge in [0.2, 0.25) is 5.91 Å². The molecule has 0 spiro atoms. The van der Waals surface area contributed by atoms with Crippen molar-refractivity contribution >= 4 is 5.91 Å². The van der Waals surface area contributed by atoms with E-state index in [-0.39, 0.29) is 11.8 Å². The number of hydrogen-bond donors (Lipinski definition) is 2. The van der Waals surface area contributed by atoms with Crippen LogP contribution in [0, 0.1) is 11.8 Å². The van der Waals surface area contributed by atoms with Gasteiger partial charge in [0.1, 0.15) is 0 Å². The fourth-order valence-corrected chi connectivity index (χ4v) is 1.22. The van der Waals surface area contributed by atoms with Crippen LogP contribution >= 0.6 is 0 Å². The van der Waals surface area contributed by atoms with E-state index in [0.29, 0.717) is 6.54 Å². The molecule has 0 aliphatic heterocycles. The summed E-state index contributed by atoms with van der Waals surface area (Å²) in [5.41, 5.74) is 5.14. The lowest BCUT2D eigenvalue weighted by Gasteiger charge is -2.09. The lowest BCUT2D eigenvalue weighted by Crippen LogP contribution is -2.31. The van der Waals surface area contributed by atoms with Crippen molar-refractivity contribution in [3.05, 3.63) is 0 Å². The van der Waals surface area contributed by atoms with Gasteiger partial charge < -0.3 is 11.1 Å². The maximum absolute atomic E-state index is 10.7. The van der Waals surface area contributed by atoms with Crippen LogP contribution in [0.5, 0.6) is 0 Å². The summed E-state index contributed by atoms with van der Waals surface area (Å²) in [6.07, 6.45) is 3.73. The number of amides is 1. The van der Waals surface area contributed by atoms with E-state index in [1.165, 1.54) is 19.3 Å². The largest absolute Gasteiger partial charge is 0.369 e. The molecule has 0 aromatic carbocycles. The highest BCUT2D eigenvalue weighted by atomic mass is 16.1. The Hall–Kier alpha value is -0.570. The summed E-state index contributed by atoms with van der Waals surface area (Å²) >= 11 is 0. The Kier molecular flexibility index (Phi) is 7.48. The summed E-state index contributed by atoms with van der Waals surface area (Å²) in [4.78, 5) is 10.7. The molecule has 84 valence electrons. The summed E-state index contributed by atoms with van der Waals surface area (Å²) in [6.45, 7) is 8.02. The molecule has 0 aromatic heterocycles. The van der Waals surface area contributed by atoms with Crippen molar-refractivity contribution < 1.29 is 4.79 Å². The molecule has 3 heteroatoms. The van der Waals surface area contributed by atoms with Gasteiger partial charge in [-0.25, -0.2) is 0 Å². The zero-order valence-corrected chi connectivity index (χ0v) is 9.68. The second-order valence-electron chi connectivity index (χ2n) is 4.40. The van der Waals surface area contributed by atoms with Crippen LogP contribution in [0.1, 0.15) is 40.0 Å². The molecule has 0 aliphatic rings. The van der Waals surface area contributed by atoms with Gasteiger partial charge in [0.05, 0.1) is 0 Å². The molecular formula is C11H24N2O. The molecule has 1 unspecified atom stereocenters. The van der Waals surface area contributed by atoms with Gasteiger partial charge in [0, 0.05) is 12.5 Å². The van der Waals surface area contributed by atoms with E-state index < -0.39 is 0 Å².